The Morgan fingerprint density at radius 2 is 2.47 bits per heavy atom. The molecule has 0 unspecified atom stereocenters. The standard InChI is InChI=1S/C10H14N4O2S/c11-8(14-16)10(2-1-3-10)9(15)12-4-7-5-17-6-13-7/h5-6,16H,1-4H2,(H2,11,14)(H,12,15). The quantitative estimate of drug-likeness (QED) is 0.318. The number of oxime groups is 1. The van der Waals surface area contributed by atoms with Gasteiger partial charge in [-0.1, -0.05) is 11.6 Å². The first-order valence-corrected chi connectivity index (χ1v) is 6.27. The molecule has 0 atom stereocenters. The average molecular weight is 254 g/mol. The predicted molar refractivity (Wildman–Crippen MR) is 63.7 cm³/mol. The van der Waals surface area contributed by atoms with Gasteiger partial charge in [-0.2, -0.15) is 0 Å². The van der Waals surface area contributed by atoms with Gasteiger partial charge >= 0.3 is 0 Å². The number of amidine groups is 1. The maximum atomic E-state index is 12.0. The van der Waals surface area contributed by atoms with Crippen LogP contribution >= 0.6 is 11.3 Å². The van der Waals surface area contributed by atoms with Crippen molar-refractivity contribution in [3.63, 3.8) is 0 Å². The molecule has 0 aromatic carbocycles. The van der Waals surface area contributed by atoms with Gasteiger partial charge in [-0.15, -0.1) is 11.3 Å². The zero-order chi connectivity index (χ0) is 12.3. The second-order valence-corrected chi connectivity index (χ2v) is 4.80. The lowest BCUT2D eigenvalue weighted by atomic mass is 9.67. The summed E-state index contributed by atoms with van der Waals surface area (Å²) in [7, 11) is 0. The zero-order valence-corrected chi connectivity index (χ0v) is 10.0. The lowest BCUT2D eigenvalue weighted by molar-refractivity contribution is -0.131. The van der Waals surface area contributed by atoms with Crippen LogP contribution in [0.25, 0.3) is 0 Å². The second kappa shape index (κ2) is 4.70. The van der Waals surface area contributed by atoms with E-state index >= 15 is 0 Å². The third-order valence-corrected chi connectivity index (χ3v) is 3.79. The van der Waals surface area contributed by atoms with E-state index in [9.17, 15) is 4.79 Å². The van der Waals surface area contributed by atoms with Crippen molar-refractivity contribution in [2.75, 3.05) is 0 Å². The molecule has 1 aromatic rings. The number of carbonyl (C=O) groups is 1. The molecule has 0 saturated heterocycles. The summed E-state index contributed by atoms with van der Waals surface area (Å²) in [5, 5.41) is 16.3. The zero-order valence-electron chi connectivity index (χ0n) is 9.22. The smallest absolute Gasteiger partial charge is 0.234 e. The summed E-state index contributed by atoms with van der Waals surface area (Å²) >= 11 is 1.48. The molecule has 0 spiro atoms. The summed E-state index contributed by atoms with van der Waals surface area (Å²) in [5.74, 6) is -0.188. The third-order valence-electron chi connectivity index (χ3n) is 3.15. The summed E-state index contributed by atoms with van der Waals surface area (Å²) in [6.07, 6.45) is 2.18. The van der Waals surface area contributed by atoms with E-state index in [2.05, 4.69) is 15.5 Å². The van der Waals surface area contributed by atoms with Crippen LogP contribution in [-0.4, -0.2) is 21.9 Å². The fourth-order valence-electron chi connectivity index (χ4n) is 1.89. The maximum Gasteiger partial charge on any atom is 0.234 e. The largest absolute Gasteiger partial charge is 0.409 e. The molecule has 92 valence electrons. The van der Waals surface area contributed by atoms with E-state index in [4.69, 9.17) is 10.9 Å². The number of aromatic nitrogens is 1. The highest BCUT2D eigenvalue weighted by atomic mass is 32.1. The number of hydrogen-bond acceptors (Lipinski definition) is 5. The molecule has 1 aliphatic carbocycles. The Bertz CT molecular complexity index is 426. The number of carbonyl (C=O) groups excluding carboxylic acids is 1. The highest BCUT2D eigenvalue weighted by Crippen LogP contribution is 2.41. The van der Waals surface area contributed by atoms with E-state index in [1.165, 1.54) is 11.3 Å². The van der Waals surface area contributed by atoms with Crippen LogP contribution in [-0.2, 0) is 11.3 Å². The molecule has 1 fully saturated rings. The predicted octanol–water partition coefficient (Wildman–Crippen LogP) is 0.676. The summed E-state index contributed by atoms with van der Waals surface area (Å²) in [6, 6.07) is 0. The molecule has 17 heavy (non-hydrogen) atoms. The van der Waals surface area contributed by atoms with Crippen LogP contribution in [0.15, 0.2) is 16.0 Å². The lowest BCUT2D eigenvalue weighted by Crippen LogP contribution is -2.53. The first-order valence-electron chi connectivity index (χ1n) is 5.32. The Kier molecular flexibility index (Phi) is 3.28. The molecule has 0 bridgehead atoms. The van der Waals surface area contributed by atoms with Crippen LogP contribution < -0.4 is 11.1 Å². The molecular weight excluding hydrogens is 240 g/mol. The van der Waals surface area contributed by atoms with Crippen LogP contribution in [0.5, 0.6) is 0 Å². The van der Waals surface area contributed by atoms with Crippen LogP contribution in [0.4, 0.5) is 0 Å². The SMILES string of the molecule is NC(=NO)C1(C(=O)NCc2cscn2)CCC1. The molecule has 6 nitrogen and oxygen atoms in total. The van der Waals surface area contributed by atoms with Crippen molar-refractivity contribution >= 4 is 23.1 Å². The van der Waals surface area contributed by atoms with E-state index in [1.807, 2.05) is 5.38 Å². The molecule has 1 amide bonds. The Labute approximate surface area is 103 Å². The van der Waals surface area contributed by atoms with Gasteiger partial charge in [-0.3, -0.25) is 4.79 Å². The van der Waals surface area contributed by atoms with Gasteiger partial charge in [-0.05, 0) is 12.8 Å². The van der Waals surface area contributed by atoms with Gasteiger partial charge in [0.2, 0.25) is 5.91 Å². The van der Waals surface area contributed by atoms with Crippen molar-refractivity contribution in [2.45, 2.75) is 25.8 Å². The fraction of sp³-hybridized carbons (Fsp3) is 0.500. The topological polar surface area (TPSA) is 101 Å². The van der Waals surface area contributed by atoms with E-state index in [1.54, 1.807) is 5.51 Å². The van der Waals surface area contributed by atoms with Gasteiger partial charge in [0, 0.05) is 5.38 Å². The minimum absolute atomic E-state index is 0.000437. The maximum absolute atomic E-state index is 12.0. The van der Waals surface area contributed by atoms with Gasteiger partial charge in [0.15, 0.2) is 5.84 Å². The van der Waals surface area contributed by atoms with Crippen molar-refractivity contribution in [3.05, 3.63) is 16.6 Å². The Morgan fingerprint density at radius 3 is 2.94 bits per heavy atom. The summed E-state index contributed by atoms with van der Waals surface area (Å²) in [5.41, 5.74) is 7.30. The fourth-order valence-corrected chi connectivity index (χ4v) is 2.45. The monoisotopic (exact) mass is 254 g/mol. The normalized spacial score (nSPS) is 18.5. The molecule has 7 heteroatoms. The molecule has 4 N–H and O–H groups in total. The Morgan fingerprint density at radius 1 is 1.71 bits per heavy atom. The number of nitrogens with one attached hydrogen (secondary N) is 1. The molecule has 1 aliphatic rings. The first-order chi connectivity index (χ1) is 8.19. The average Bonchev–Trinajstić information content (AvgIpc) is 2.77. The van der Waals surface area contributed by atoms with E-state index < -0.39 is 5.41 Å². The van der Waals surface area contributed by atoms with Crippen molar-refractivity contribution in [1.29, 1.82) is 0 Å². The van der Waals surface area contributed by atoms with E-state index in [-0.39, 0.29) is 11.7 Å². The van der Waals surface area contributed by atoms with Crippen LogP contribution in [0.2, 0.25) is 0 Å². The summed E-state index contributed by atoms with van der Waals surface area (Å²) < 4.78 is 0. The number of rotatable bonds is 4. The molecule has 2 rings (SSSR count). The van der Waals surface area contributed by atoms with Crippen LogP contribution in [0.1, 0.15) is 25.0 Å². The summed E-state index contributed by atoms with van der Waals surface area (Å²) in [6.45, 7) is 0.378. The second-order valence-electron chi connectivity index (χ2n) is 4.08. The molecule has 0 aliphatic heterocycles. The van der Waals surface area contributed by atoms with Crippen LogP contribution in [0, 0.1) is 5.41 Å². The van der Waals surface area contributed by atoms with Crippen molar-refractivity contribution in [2.24, 2.45) is 16.3 Å². The Balaban J connectivity index is 1.99. The first kappa shape index (κ1) is 11.8. The van der Waals surface area contributed by atoms with Crippen molar-refractivity contribution in [3.8, 4) is 0 Å². The number of thiazole rings is 1. The third kappa shape index (κ3) is 2.10. The van der Waals surface area contributed by atoms with Gasteiger partial charge < -0.3 is 16.3 Å². The highest BCUT2D eigenvalue weighted by molar-refractivity contribution is 7.07. The Hall–Kier alpha value is -1.63. The molecular formula is C10H14N4O2S. The van der Waals surface area contributed by atoms with E-state index in [0.29, 0.717) is 19.4 Å². The number of amides is 1. The molecule has 0 radical (unpaired) electrons. The minimum atomic E-state index is -0.815. The lowest BCUT2D eigenvalue weighted by Gasteiger charge is -2.38. The molecule has 1 saturated carbocycles. The molecule has 1 aromatic heterocycles. The van der Waals surface area contributed by atoms with E-state index in [0.717, 1.165) is 12.1 Å². The van der Waals surface area contributed by atoms with Gasteiger partial charge in [0.05, 0.1) is 17.7 Å². The summed E-state index contributed by atoms with van der Waals surface area (Å²) in [4.78, 5) is 16.1. The highest BCUT2D eigenvalue weighted by Gasteiger charge is 2.48. The minimum Gasteiger partial charge on any atom is -0.409 e. The number of nitrogens with two attached hydrogens (primary N) is 1. The van der Waals surface area contributed by atoms with Crippen LogP contribution in [0.3, 0.4) is 0 Å². The van der Waals surface area contributed by atoms with Gasteiger partial charge in [0.1, 0.15) is 5.41 Å². The van der Waals surface area contributed by atoms with Crippen molar-refractivity contribution in [1.82, 2.24) is 10.3 Å². The molecule has 1 heterocycles. The number of nitrogens with zero attached hydrogens (tertiary/aromatic N) is 2. The van der Waals surface area contributed by atoms with Crippen molar-refractivity contribution < 1.29 is 10.0 Å². The van der Waals surface area contributed by atoms with Gasteiger partial charge in [-0.25, -0.2) is 4.98 Å². The number of hydrogen-bond donors (Lipinski definition) is 3. The van der Waals surface area contributed by atoms with Gasteiger partial charge in [0.25, 0.3) is 0 Å².